The van der Waals surface area contributed by atoms with Gasteiger partial charge in [-0.25, -0.2) is 0 Å². The number of hydrogen-bond acceptors (Lipinski definition) is 4. The Labute approximate surface area is 119 Å². The van der Waals surface area contributed by atoms with Crippen LogP contribution in [0.3, 0.4) is 0 Å². The summed E-state index contributed by atoms with van der Waals surface area (Å²) in [6, 6.07) is 10.8. The molecule has 0 spiro atoms. The van der Waals surface area contributed by atoms with Crippen LogP contribution in [0.25, 0.3) is 5.57 Å². The van der Waals surface area contributed by atoms with Crippen molar-refractivity contribution in [3.8, 4) is 0 Å². The van der Waals surface area contributed by atoms with Crippen molar-refractivity contribution in [2.24, 2.45) is 5.73 Å². The highest BCUT2D eigenvalue weighted by Gasteiger charge is 2.36. The lowest BCUT2D eigenvalue weighted by Crippen LogP contribution is -2.07. The molecule has 3 rings (SSSR count). The SMILES string of the molecule is NC1=C(c2cccc(Cl)c2)C(=O)C(c2cccs2)O1. The Morgan fingerprint density at radius 1 is 1.26 bits per heavy atom. The zero-order valence-electron chi connectivity index (χ0n) is 9.80. The molecule has 1 aliphatic rings. The molecule has 3 nitrogen and oxygen atoms in total. The van der Waals surface area contributed by atoms with E-state index in [1.807, 2.05) is 17.5 Å². The van der Waals surface area contributed by atoms with Gasteiger partial charge in [-0.05, 0) is 29.1 Å². The molecule has 0 saturated heterocycles. The molecule has 19 heavy (non-hydrogen) atoms. The van der Waals surface area contributed by atoms with E-state index >= 15 is 0 Å². The third-order valence-corrected chi connectivity index (χ3v) is 4.04. The topological polar surface area (TPSA) is 52.3 Å². The van der Waals surface area contributed by atoms with Crippen molar-refractivity contribution in [3.05, 3.63) is 63.1 Å². The summed E-state index contributed by atoms with van der Waals surface area (Å²) in [4.78, 5) is 13.3. The van der Waals surface area contributed by atoms with Crippen LogP contribution in [-0.4, -0.2) is 5.78 Å². The fraction of sp³-hybridized carbons (Fsp3) is 0.0714. The number of carbonyl (C=O) groups is 1. The van der Waals surface area contributed by atoms with E-state index in [-0.39, 0.29) is 11.7 Å². The van der Waals surface area contributed by atoms with Crippen molar-refractivity contribution in [3.63, 3.8) is 0 Å². The van der Waals surface area contributed by atoms with Crippen molar-refractivity contribution in [1.82, 2.24) is 0 Å². The quantitative estimate of drug-likeness (QED) is 0.923. The van der Waals surface area contributed by atoms with Crippen LogP contribution in [0.4, 0.5) is 0 Å². The number of nitrogens with two attached hydrogens (primary N) is 1. The van der Waals surface area contributed by atoms with E-state index in [1.165, 1.54) is 11.3 Å². The average Bonchev–Trinajstić information content (AvgIpc) is 2.97. The molecule has 1 aromatic carbocycles. The van der Waals surface area contributed by atoms with E-state index in [9.17, 15) is 4.79 Å². The van der Waals surface area contributed by atoms with Gasteiger partial charge in [-0.1, -0.05) is 29.8 Å². The number of carbonyl (C=O) groups excluding carboxylic acids is 1. The van der Waals surface area contributed by atoms with Crippen LogP contribution in [0.1, 0.15) is 16.5 Å². The first-order valence-electron chi connectivity index (χ1n) is 5.67. The highest BCUT2D eigenvalue weighted by atomic mass is 35.5. The predicted molar refractivity (Wildman–Crippen MR) is 75.7 cm³/mol. The third kappa shape index (κ3) is 2.13. The van der Waals surface area contributed by atoms with Crippen LogP contribution in [-0.2, 0) is 9.53 Å². The Kier molecular flexibility index (Phi) is 3.05. The molecular formula is C14H10ClNO2S. The van der Waals surface area contributed by atoms with Crippen LogP contribution in [0, 0.1) is 0 Å². The smallest absolute Gasteiger partial charge is 0.214 e. The summed E-state index contributed by atoms with van der Waals surface area (Å²) in [5.74, 6) is 0.0351. The van der Waals surface area contributed by atoms with Gasteiger partial charge < -0.3 is 10.5 Å². The van der Waals surface area contributed by atoms with Gasteiger partial charge in [-0.3, -0.25) is 4.79 Å². The van der Waals surface area contributed by atoms with Crippen LogP contribution < -0.4 is 5.73 Å². The first kappa shape index (κ1) is 12.3. The Bertz CT molecular complexity index is 664. The molecule has 0 fully saturated rings. The van der Waals surface area contributed by atoms with Crippen molar-refractivity contribution in [2.45, 2.75) is 6.10 Å². The molecule has 1 atom stereocenters. The van der Waals surface area contributed by atoms with Crippen molar-refractivity contribution in [2.75, 3.05) is 0 Å². The molecule has 0 radical (unpaired) electrons. The summed E-state index contributed by atoms with van der Waals surface area (Å²) in [5.41, 5.74) is 6.94. The largest absolute Gasteiger partial charge is 0.461 e. The molecule has 0 saturated carbocycles. The zero-order valence-corrected chi connectivity index (χ0v) is 11.4. The average molecular weight is 292 g/mol. The van der Waals surface area contributed by atoms with E-state index in [2.05, 4.69) is 0 Å². The van der Waals surface area contributed by atoms with E-state index in [0.29, 0.717) is 16.2 Å². The molecular weight excluding hydrogens is 282 g/mol. The van der Waals surface area contributed by atoms with Crippen LogP contribution >= 0.6 is 22.9 Å². The lowest BCUT2D eigenvalue weighted by molar-refractivity contribution is -0.120. The van der Waals surface area contributed by atoms with Gasteiger partial charge in [-0.2, -0.15) is 0 Å². The maximum atomic E-state index is 12.4. The maximum absolute atomic E-state index is 12.4. The fourth-order valence-electron chi connectivity index (χ4n) is 2.05. The first-order valence-corrected chi connectivity index (χ1v) is 6.92. The Balaban J connectivity index is 1.99. The predicted octanol–water partition coefficient (Wildman–Crippen LogP) is 3.37. The highest BCUT2D eigenvalue weighted by Crippen LogP contribution is 2.38. The van der Waals surface area contributed by atoms with Gasteiger partial charge >= 0.3 is 0 Å². The molecule has 2 heterocycles. The van der Waals surface area contributed by atoms with Crippen LogP contribution in [0.15, 0.2) is 47.7 Å². The normalized spacial score (nSPS) is 18.8. The molecule has 0 amide bonds. The number of thiophene rings is 1. The van der Waals surface area contributed by atoms with Gasteiger partial charge in [0.15, 0.2) is 12.0 Å². The number of benzene rings is 1. The van der Waals surface area contributed by atoms with Crippen molar-refractivity contribution in [1.29, 1.82) is 0 Å². The minimum Gasteiger partial charge on any atom is -0.461 e. The van der Waals surface area contributed by atoms with E-state index in [0.717, 1.165) is 4.88 Å². The molecule has 1 aromatic heterocycles. The number of halogens is 1. The summed E-state index contributed by atoms with van der Waals surface area (Å²) in [7, 11) is 0. The lowest BCUT2D eigenvalue weighted by atomic mass is 10.0. The summed E-state index contributed by atoms with van der Waals surface area (Å²) < 4.78 is 5.50. The summed E-state index contributed by atoms with van der Waals surface area (Å²) >= 11 is 7.41. The number of ketones is 1. The fourth-order valence-corrected chi connectivity index (χ4v) is 2.99. The minimum absolute atomic E-state index is 0.123. The first-order chi connectivity index (χ1) is 9.16. The van der Waals surface area contributed by atoms with Crippen molar-refractivity contribution < 1.29 is 9.53 Å². The standard InChI is InChI=1S/C14H10ClNO2S/c15-9-4-1-3-8(7-9)11-12(17)13(18-14(11)16)10-5-2-6-19-10/h1-7,13H,16H2. The number of rotatable bonds is 2. The second kappa shape index (κ2) is 4.72. The van der Waals surface area contributed by atoms with Gasteiger partial charge in [0.25, 0.3) is 0 Å². The summed E-state index contributed by atoms with van der Waals surface area (Å²) in [6.45, 7) is 0. The summed E-state index contributed by atoms with van der Waals surface area (Å²) in [6.07, 6.45) is -0.631. The summed E-state index contributed by atoms with van der Waals surface area (Å²) in [5, 5.41) is 2.46. The van der Waals surface area contributed by atoms with E-state index in [4.69, 9.17) is 22.1 Å². The molecule has 2 aromatic rings. The van der Waals surface area contributed by atoms with Gasteiger partial charge in [0.05, 0.1) is 10.5 Å². The van der Waals surface area contributed by atoms with Crippen molar-refractivity contribution >= 4 is 34.3 Å². The maximum Gasteiger partial charge on any atom is 0.214 e. The van der Waals surface area contributed by atoms with E-state index in [1.54, 1.807) is 24.3 Å². The second-order valence-corrected chi connectivity index (χ2v) is 5.54. The number of Topliss-reactive ketones (excluding diaryl/α,β-unsaturated/α-hetero) is 1. The molecule has 96 valence electrons. The molecule has 5 heteroatoms. The van der Waals surface area contributed by atoms with Crippen LogP contribution in [0.5, 0.6) is 0 Å². The highest BCUT2D eigenvalue weighted by molar-refractivity contribution is 7.10. The Morgan fingerprint density at radius 3 is 2.79 bits per heavy atom. The molecule has 0 bridgehead atoms. The Hall–Kier alpha value is -1.78. The molecule has 0 aliphatic carbocycles. The monoisotopic (exact) mass is 291 g/mol. The number of ether oxygens (including phenoxy) is 1. The van der Waals surface area contributed by atoms with Gasteiger partial charge in [0.2, 0.25) is 5.78 Å². The van der Waals surface area contributed by atoms with Crippen LogP contribution in [0.2, 0.25) is 5.02 Å². The minimum atomic E-state index is -0.631. The van der Waals surface area contributed by atoms with Gasteiger partial charge in [0.1, 0.15) is 0 Å². The Morgan fingerprint density at radius 2 is 2.11 bits per heavy atom. The van der Waals surface area contributed by atoms with Gasteiger partial charge in [0, 0.05) is 5.02 Å². The number of hydrogen-bond donors (Lipinski definition) is 1. The molecule has 1 unspecified atom stereocenters. The molecule has 1 aliphatic heterocycles. The molecule has 2 N–H and O–H groups in total. The second-order valence-electron chi connectivity index (χ2n) is 4.13. The van der Waals surface area contributed by atoms with E-state index < -0.39 is 6.10 Å². The zero-order chi connectivity index (χ0) is 13.4. The lowest BCUT2D eigenvalue weighted by Gasteiger charge is -2.06. The van der Waals surface area contributed by atoms with Gasteiger partial charge in [-0.15, -0.1) is 11.3 Å². The third-order valence-electron chi connectivity index (χ3n) is 2.89.